The quantitative estimate of drug-likeness (QED) is 0.502. The molecule has 2 aromatic carbocycles. The lowest BCUT2D eigenvalue weighted by atomic mass is 10.1. The van der Waals surface area contributed by atoms with Crippen LogP contribution in [0.2, 0.25) is 0 Å². The molecule has 0 unspecified atom stereocenters. The van der Waals surface area contributed by atoms with E-state index in [4.69, 9.17) is 0 Å². The van der Waals surface area contributed by atoms with E-state index < -0.39 is 11.8 Å². The van der Waals surface area contributed by atoms with Crippen LogP contribution in [-0.4, -0.2) is 18.0 Å². The van der Waals surface area contributed by atoms with Gasteiger partial charge < -0.3 is 5.32 Å². The van der Waals surface area contributed by atoms with Crippen LogP contribution in [0.25, 0.3) is 0 Å². The third-order valence-electron chi connectivity index (χ3n) is 2.87. The number of amides is 2. The third kappa shape index (κ3) is 4.53. The molecule has 0 aromatic heterocycles. The molecule has 0 saturated carbocycles. The van der Waals surface area contributed by atoms with Crippen molar-refractivity contribution in [3.63, 3.8) is 0 Å². The number of benzene rings is 2. The first-order chi connectivity index (χ1) is 10.6. The highest BCUT2D eigenvalue weighted by molar-refractivity contribution is 9.10. The van der Waals surface area contributed by atoms with Gasteiger partial charge in [-0.3, -0.25) is 9.59 Å². The summed E-state index contributed by atoms with van der Waals surface area (Å²) in [6, 6.07) is 14.5. The molecule has 2 N–H and O–H groups in total. The molecule has 0 aliphatic rings. The normalized spacial score (nSPS) is 10.5. The topological polar surface area (TPSA) is 70.6 Å². The molecule has 0 atom stereocenters. The van der Waals surface area contributed by atoms with Gasteiger partial charge in [0.25, 0.3) is 0 Å². The molecule has 0 aliphatic heterocycles. The van der Waals surface area contributed by atoms with Crippen LogP contribution >= 0.6 is 15.9 Å². The van der Waals surface area contributed by atoms with Gasteiger partial charge >= 0.3 is 11.8 Å². The Bertz CT molecular complexity index is 712. The third-order valence-corrected chi connectivity index (χ3v) is 3.40. The zero-order chi connectivity index (χ0) is 15.9. The minimum atomic E-state index is -0.826. The number of anilines is 1. The van der Waals surface area contributed by atoms with Gasteiger partial charge in [0, 0.05) is 10.2 Å². The Kier molecular flexibility index (Phi) is 5.43. The van der Waals surface area contributed by atoms with Crippen LogP contribution in [0.3, 0.4) is 0 Å². The number of nitrogens with zero attached hydrogens (tertiary/aromatic N) is 1. The Hall–Kier alpha value is -2.47. The smallest absolute Gasteiger partial charge is 0.318 e. The Morgan fingerprint density at radius 2 is 1.73 bits per heavy atom. The molecule has 0 saturated heterocycles. The van der Waals surface area contributed by atoms with Crippen LogP contribution in [0.15, 0.2) is 58.1 Å². The van der Waals surface area contributed by atoms with Gasteiger partial charge in [-0.2, -0.15) is 5.10 Å². The lowest BCUT2D eigenvalue weighted by Crippen LogP contribution is -2.32. The average molecular weight is 360 g/mol. The number of aryl methyl sites for hydroxylation is 1. The van der Waals surface area contributed by atoms with E-state index in [0.29, 0.717) is 5.69 Å². The van der Waals surface area contributed by atoms with Gasteiger partial charge in [-0.25, -0.2) is 5.43 Å². The zero-order valence-corrected chi connectivity index (χ0v) is 13.4. The predicted octanol–water partition coefficient (Wildman–Crippen LogP) is 2.85. The van der Waals surface area contributed by atoms with E-state index in [0.717, 1.165) is 15.6 Å². The molecule has 112 valence electrons. The molecule has 0 aliphatic carbocycles. The van der Waals surface area contributed by atoms with Crippen LogP contribution < -0.4 is 10.7 Å². The predicted molar refractivity (Wildman–Crippen MR) is 89.7 cm³/mol. The summed E-state index contributed by atoms with van der Waals surface area (Å²) in [6.07, 6.45) is 1.50. The van der Waals surface area contributed by atoms with Gasteiger partial charge in [0.05, 0.1) is 6.21 Å². The van der Waals surface area contributed by atoms with Gasteiger partial charge in [0.2, 0.25) is 0 Å². The van der Waals surface area contributed by atoms with E-state index in [9.17, 15) is 9.59 Å². The number of nitrogens with one attached hydrogen (secondary N) is 2. The van der Waals surface area contributed by atoms with E-state index in [2.05, 4.69) is 31.8 Å². The second-order valence-electron chi connectivity index (χ2n) is 4.52. The second kappa shape index (κ2) is 7.51. The second-order valence-corrected chi connectivity index (χ2v) is 5.43. The SMILES string of the molecule is Cc1ccccc1C=NNC(=O)C(=O)Nc1ccc(Br)cc1. The van der Waals surface area contributed by atoms with Crippen molar-refractivity contribution < 1.29 is 9.59 Å². The number of hydrazone groups is 1. The maximum Gasteiger partial charge on any atom is 0.329 e. The highest BCUT2D eigenvalue weighted by atomic mass is 79.9. The van der Waals surface area contributed by atoms with E-state index >= 15 is 0 Å². The fourth-order valence-corrected chi connectivity index (χ4v) is 1.93. The molecule has 0 spiro atoms. The van der Waals surface area contributed by atoms with Gasteiger partial charge in [-0.15, -0.1) is 0 Å². The molecule has 0 bridgehead atoms. The van der Waals surface area contributed by atoms with Crippen LogP contribution in [0.4, 0.5) is 5.69 Å². The maximum atomic E-state index is 11.7. The fourth-order valence-electron chi connectivity index (χ4n) is 1.66. The monoisotopic (exact) mass is 359 g/mol. The van der Waals surface area contributed by atoms with Gasteiger partial charge in [-0.1, -0.05) is 40.2 Å². The number of carbonyl (C=O) groups excluding carboxylic acids is 2. The van der Waals surface area contributed by atoms with Crippen LogP contribution in [0.5, 0.6) is 0 Å². The van der Waals surface area contributed by atoms with Crippen molar-refractivity contribution in [2.45, 2.75) is 6.92 Å². The molecule has 2 amide bonds. The van der Waals surface area contributed by atoms with Crippen molar-refractivity contribution in [2.75, 3.05) is 5.32 Å². The van der Waals surface area contributed by atoms with Crippen molar-refractivity contribution in [1.29, 1.82) is 0 Å². The molecular weight excluding hydrogens is 346 g/mol. The Labute approximate surface area is 136 Å². The minimum Gasteiger partial charge on any atom is -0.318 e. The molecule has 0 fully saturated rings. The summed E-state index contributed by atoms with van der Waals surface area (Å²) in [5, 5.41) is 6.27. The number of rotatable bonds is 3. The number of halogens is 1. The van der Waals surface area contributed by atoms with Crippen molar-refractivity contribution in [2.24, 2.45) is 5.10 Å². The molecule has 2 aromatic rings. The van der Waals surface area contributed by atoms with Crippen molar-refractivity contribution in [1.82, 2.24) is 5.43 Å². The van der Waals surface area contributed by atoms with Gasteiger partial charge in [-0.05, 0) is 42.3 Å². The largest absolute Gasteiger partial charge is 0.329 e. The number of hydrogen-bond donors (Lipinski definition) is 2. The molecule has 0 radical (unpaired) electrons. The highest BCUT2D eigenvalue weighted by Crippen LogP contribution is 2.13. The summed E-state index contributed by atoms with van der Waals surface area (Å²) in [5.74, 6) is -1.60. The number of carbonyl (C=O) groups is 2. The van der Waals surface area contributed by atoms with Crippen molar-refractivity contribution in [3.05, 3.63) is 64.1 Å². The first kappa shape index (κ1) is 15.9. The lowest BCUT2D eigenvalue weighted by molar-refractivity contribution is -0.136. The average Bonchev–Trinajstić information content (AvgIpc) is 2.51. The van der Waals surface area contributed by atoms with Crippen LogP contribution in [0, 0.1) is 6.92 Å². The summed E-state index contributed by atoms with van der Waals surface area (Å²) in [4.78, 5) is 23.3. The minimum absolute atomic E-state index is 0.534. The van der Waals surface area contributed by atoms with E-state index in [1.54, 1.807) is 24.3 Å². The summed E-state index contributed by atoms with van der Waals surface area (Å²) in [5.41, 5.74) is 4.63. The Morgan fingerprint density at radius 3 is 2.41 bits per heavy atom. The molecule has 22 heavy (non-hydrogen) atoms. The van der Waals surface area contributed by atoms with E-state index in [1.807, 2.05) is 31.2 Å². The molecule has 0 heterocycles. The zero-order valence-electron chi connectivity index (χ0n) is 11.8. The maximum absolute atomic E-state index is 11.7. The first-order valence-electron chi connectivity index (χ1n) is 6.52. The number of hydrogen-bond acceptors (Lipinski definition) is 3. The standard InChI is InChI=1S/C16H14BrN3O2/c1-11-4-2-3-5-12(11)10-18-20-16(22)15(21)19-14-8-6-13(17)7-9-14/h2-10H,1H3,(H,19,21)(H,20,22). The fraction of sp³-hybridized carbons (Fsp3) is 0.0625. The summed E-state index contributed by atoms with van der Waals surface area (Å²) in [7, 11) is 0. The van der Waals surface area contributed by atoms with Crippen molar-refractivity contribution >= 4 is 39.6 Å². The summed E-state index contributed by atoms with van der Waals surface area (Å²) in [6.45, 7) is 1.93. The van der Waals surface area contributed by atoms with Crippen LogP contribution in [-0.2, 0) is 9.59 Å². The van der Waals surface area contributed by atoms with Gasteiger partial charge in [0.15, 0.2) is 0 Å². The lowest BCUT2D eigenvalue weighted by Gasteiger charge is -2.04. The molecular formula is C16H14BrN3O2. The van der Waals surface area contributed by atoms with Crippen LogP contribution in [0.1, 0.15) is 11.1 Å². The van der Waals surface area contributed by atoms with E-state index in [1.165, 1.54) is 6.21 Å². The van der Waals surface area contributed by atoms with Crippen molar-refractivity contribution in [3.8, 4) is 0 Å². The van der Waals surface area contributed by atoms with E-state index in [-0.39, 0.29) is 0 Å². The summed E-state index contributed by atoms with van der Waals surface area (Å²) >= 11 is 3.29. The molecule has 2 rings (SSSR count). The Morgan fingerprint density at radius 1 is 1.05 bits per heavy atom. The molecule has 5 nitrogen and oxygen atoms in total. The molecule has 6 heteroatoms. The Balaban J connectivity index is 1.90. The van der Waals surface area contributed by atoms with Gasteiger partial charge in [0.1, 0.15) is 0 Å². The highest BCUT2D eigenvalue weighted by Gasteiger charge is 2.12. The first-order valence-corrected chi connectivity index (χ1v) is 7.31. The summed E-state index contributed by atoms with van der Waals surface area (Å²) < 4.78 is 0.887.